The number of benzene rings is 1. The molecule has 0 aliphatic rings. The molecule has 0 spiro atoms. The normalized spacial score (nSPS) is 11.8. The van der Waals surface area contributed by atoms with E-state index in [1.54, 1.807) is 37.5 Å². The van der Waals surface area contributed by atoms with E-state index in [1.807, 2.05) is 12.1 Å². The lowest BCUT2D eigenvalue weighted by atomic mass is 10.1. The van der Waals surface area contributed by atoms with Gasteiger partial charge in [-0.05, 0) is 36.8 Å². The van der Waals surface area contributed by atoms with Crippen LogP contribution in [-0.4, -0.2) is 22.8 Å². The molecule has 0 saturated carbocycles. The van der Waals surface area contributed by atoms with Gasteiger partial charge < -0.3 is 14.6 Å². The number of furan rings is 1. The zero-order chi connectivity index (χ0) is 16.8. The Labute approximate surface area is 140 Å². The largest absolute Gasteiger partial charge is 0.467 e. The first-order valence-corrected chi connectivity index (χ1v) is 7.67. The summed E-state index contributed by atoms with van der Waals surface area (Å²) in [6.07, 6.45) is 1.55. The van der Waals surface area contributed by atoms with Gasteiger partial charge in [-0.1, -0.05) is 23.7 Å². The summed E-state index contributed by atoms with van der Waals surface area (Å²) in [5, 5.41) is 3.40. The molecule has 1 atom stereocenters. The van der Waals surface area contributed by atoms with Crippen LogP contribution in [0.15, 0.2) is 47.1 Å². The number of carbonyl (C=O) groups excluding carboxylic acids is 2. The molecule has 0 radical (unpaired) electrons. The van der Waals surface area contributed by atoms with Gasteiger partial charge in [0.2, 0.25) is 11.8 Å². The Morgan fingerprint density at radius 3 is 2.52 bits per heavy atom. The minimum absolute atomic E-state index is 0.166. The minimum atomic E-state index is -0.585. The van der Waals surface area contributed by atoms with Gasteiger partial charge in [-0.3, -0.25) is 9.59 Å². The Hall–Kier alpha value is -2.27. The molecule has 0 saturated heterocycles. The smallest absolute Gasteiger partial charge is 0.242 e. The summed E-state index contributed by atoms with van der Waals surface area (Å²) in [5.74, 6) is 0.267. The van der Waals surface area contributed by atoms with Crippen LogP contribution < -0.4 is 5.32 Å². The van der Waals surface area contributed by atoms with Crippen molar-refractivity contribution in [2.45, 2.75) is 33.0 Å². The zero-order valence-electron chi connectivity index (χ0n) is 13.1. The molecule has 2 amide bonds. The van der Waals surface area contributed by atoms with E-state index in [9.17, 15) is 9.59 Å². The molecule has 23 heavy (non-hydrogen) atoms. The van der Waals surface area contributed by atoms with Crippen molar-refractivity contribution in [3.8, 4) is 0 Å². The highest BCUT2D eigenvalue weighted by molar-refractivity contribution is 6.30. The molecule has 2 aromatic rings. The van der Waals surface area contributed by atoms with Crippen LogP contribution in [0, 0.1) is 0 Å². The molecule has 0 unspecified atom stereocenters. The van der Waals surface area contributed by atoms with Crippen molar-refractivity contribution in [3.05, 3.63) is 59.0 Å². The molecule has 122 valence electrons. The fraction of sp³-hybridized carbons (Fsp3) is 0.294. The number of hydrogen-bond donors (Lipinski definition) is 1. The highest BCUT2D eigenvalue weighted by atomic mass is 35.5. The Morgan fingerprint density at radius 2 is 1.96 bits per heavy atom. The van der Waals surface area contributed by atoms with Gasteiger partial charge in [-0.25, -0.2) is 0 Å². The van der Waals surface area contributed by atoms with E-state index in [1.165, 1.54) is 11.8 Å². The number of hydrogen-bond acceptors (Lipinski definition) is 3. The van der Waals surface area contributed by atoms with Crippen LogP contribution in [-0.2, 0) is 22.7 Å². The van der Waals surface area contributed by atoms with E-state index < -0.39 is 6.04 Å². The second-order valence-electron chi connectivity index (χ2n) is 5.25. The summed E-state index contributed by atoms with van der Waals surface area (Å²) in [6.45, 7) is 3.80. The first kappa shape index (κ1) is 17.1. The Bertz CT molecular complexity index is 653. The number of amides is 2. The highest BCUT2D eigenvalue weighted by Crippen LogP contribution is 2.13. The predicted molar refractivity (Wildman–Crippen MR) is 87.7 cm³/mol. The second kappa shape index (κ2) is 7.83. The average molecular weight is 335 g/mol. The zero-order valence-corrected chi connectivity index (χ0v) is 13.8. The van der Waals surface area contributed by atoms with Crippen molar-refractivity contribution in [2.24, 2.45) is 0 Å². The maximum atomic E-state index is 12.3. The van der Waals surface area contributed by atoms with Crippen LogP contribution in [0.4, 0.5) is 0 Å². The van der Waals surface area contributed by atoms with Gasteiger partial charge in [-0.2, -0.15) is 0 Å². The van der Waals surface area contributed by atoms with Gasteiger partial charge in [0.05, 0.1) is 12.8 Å². The summed E-state index contributed by atoms with van der Waals surface area (Å²) in [6, 6.07) is 10.2. The Morgan fingerprint density at radius 1 is 1.26 bits per heavy atom. The molecule has 1 N–H and O–H groups in total. The number of carbonyl (C=O) groups is 2. The van der Waals surface area contributed by atoms with Gasteiger partial charge in [0.25, 0.3) is 0 Å². The van der Waals surface area contributed by atoms with Gasteiger partial charge in [-0.15, -0.1) is 0 Å². The third kappa shape index (κ3) is 4.86. The van der Waals surface area contributed by atoms with E-state index >= 15 is 0 Å². The molecule has 1 aromatic heterocycles. The van der Waals surface area contributed by atoms with Crippen molar-refractivity contribution < 1.29 is 14.0 Å². The molecule has 1 aromatic carbocycles. The standard InChI is InChI=1S/C17H19ClN2O3/c1-12(17(22)19-10-16-4-3-9-23-16)20(13(2)21)11-14-5-7-15(18)8-6-14/h3-9,12H,10-11H2,1-2H3,(H,19,22)/t12-/m1/s1. The molecule has 6 heteroatoms. The van der Waals surface area contributed by atoms with Crippen LogP contribution in [0.3, 0.4) is 0 Å². The first-order chi connectivity index (χ1) is 11.0. The molecule has 0 bridgehead atoms. The molecule has 0 aliphatic carbocycles. The van der Waals surface area contributed by atoms with Gasteiger partial charge in [0.1, 0.15) is 11.8 Å². The molecular weight excluding hydrogens is 316 g/mol. The number of halogens is 1. The molecule has 2 rings (SSSR count). The molecular formula is C17H19ClN2O3. The molecule has 5 nitrogen and oxygen atoms in total. The number of nitrogens with one attached hydrogen (secondary N) is 1. The minimum Gasteiger partial charge on any atom is -0.467 e. The van der Waals surface area contributed by atoms with Crippen molar-refractivity contribution >= 4 is 23.4 Å². The van der Waals surface area contributed by atoms with E-state index in [-0.39, 0.29) is 11.8 Å². The van der Waals surface area contributed by atoms with Crippen molar-refractivity contribution in [3.63, 3.8) is 0 Å². The fourth-order valence-electron chi connectivity index (χ4n) is 2.18. The van der Waals surface area contributed by atoms with E-state index in [4.69, 9.17) is 16.0 Å². The topological polar surface area (TPSA) is 62.6 Å². The Balaban J connectivity index is 1.99. The third-order valence-corrected chi connectivity index (χ3v) is 3.79. The van der Waals surface area contributed by atoms with Gasteiger partial charge >= 0.3 is 0 Å². The number of rotatable bonds is 6. The van der Waals surface area contributed by atoms with Crippen LogP contribution >= 0.6 is 11.6 Å². The van der Waals surface area contributed by atoms with Crippen LogP contribution in [0.2, 0.25) is 5.02 Å². The van der Waals surface area contributed by atoms with Crippen LogP contribution in [0.25, 0.3) is 0 Å². The summed E-state index contributed by atoms with van der Waals surface area (Å²) in [4.78, 5) is 25.7. The fourth-order valence-corrected chi connectivity index (χ4v) is 2.31. The highest BCUT2D eigenvalue weighted by Gasteiger charge is 2.23. The van der Waals surface area contributed by atoms with E-state index in [0.29, 0.717) is 23.9 Å². The van der Waals surface area contributed by atoms with Crippen LogP contribution in [0.5, 0.6) is 0 Å². The van der Waals surface area contributed by atoms with Gasteiger partial charge in [0, 0.05) is 18.5 Å². The van der Waals surface area contributed by atoms with Crippen molar-refractivity contribution in [1.82, 2.24) is 10.2 Å². The lowest BCUT2D eigenvalue weighted by molar-refractivity contribution is -0.139. The summed E-state index contributed by atoms with van der Waals surface area (Å²) < 4.78 is 5.17. The lowest BCUT2D eigenvalue weighted by Gasteiger charge is -2.27. The third-order valence-electron chi connectivity index (χ3n) is 3.53. The number of nitrogens with zero attached hydrogens (tertiary/aromatic N) is 1. The molecule has 0 aliphatic heterocycles. The predicted octanol–water partition coefficient (Wildman–Crippen LogP) is 2.99. The second-order valence-corrected chi connectivity index (χ2v) is 5.68. The monoisotopic (exact) mass is 334 g/mol. The van der Waals surface area contributed by atoms with Crippen LogP contribution in [0.1, 0.15) is 25.2 Å². The van der Waals surface area contributed by atoms with E-state index in [2.05, 4.69) is 5.32 Å². The summed E-state index contributed by atoms with van der Waals surface area (Å²) in [5.41, 5.74) is 0.912. The quantitative estimate of drug-likeness (QED) is 0.883. The summed E-state index contributed by atoms with van der Waals surface area (Å²) in [7, 11) is 0. The molecule has 0 fully saturated rings. The van der Waals surface area contributed by atoms with Crippen molar-refractivity contribution in [1.29, 1.82) is 0 Å². The maximum absolute atomic E-state index is 12.3. The molecule has 1 heterocycles. The SMILES string of the molecule is CC(=O)N(Cc1ccc(Cl)cc1)[C@H](C)C(=O)NCc1ccco1. The van der Waals surface area contributed by atoms with E-state index in [0.717, 1.165) is 5.56 Å². The van der Waals surface area contributed by atoms with Crippen molar-refractivity contribution in [2.75, 3.05) is 0 Å². The average Bonchev–Trinajstić information content (AvgIpc) is 3.04. The lowest BCUT2D eigenvalue weighted by Crippen LogP contribution is -2.46. The van der Waals surface area contributed by atoms with Gasteiger partial charge in [0.15, 0.2) is 0 Å². The summed E-state index contributed by atoms with van der Waals surface area (Å²) >= 11 is 5.86. The maximum Gasteiger partial charge on any atom is 0.242 e. The Kier molecular flexibility index (Phi) is 5.82. The first-order valence-electron chi connectivity index (χ1n) is 7.29.